The predicted molar refractivity (Wildman–Crippen MR) is 82.2 cm³/mol. The summed E-state index contributed by atoms with van der Waals surface area (Å²) in [6, 6.07) is 10.7. The summed E-state index contributed by atoms with van der Waals surface area (Å²) in [6.07, 6.45) is 0. The fourth-order valence-electron chi connectivity index (χ4n) is 2.53. The van der Waals surface area contributed by atoms with Crippen LogP contribution in [0.3, 0.4) is 0 Å². The number of carbonyl (C=O) groups excluding carboxylic acids is 2. The van der Waals surface area contributed by atoms with Gasteiger partial charge in [-0.15, -0.1) is 0 Å². The average Bonchev–Trinajstić information content (AvgIpc) is 2.80. The van der Waals surface area contributed by atoms with Crippen molar-refractivity contribution in [3.8, 4) is 5.75 Å². The van der Waals surface area contributed by atoms with Crippen molar-refractivity contribution in [2.75, 3.05) is 11.5 Å². The van der Waals surface area contributed by atoms with E-state index in [4.69, 9.17) is 4.74 Å². The quantitative estimate of drug-likeness (QED) is 0.877. The number of hydrogen-bond donors (Lipinski definition) is 1. The Kier molecular flexibility index (Phi) is 3.57. The van der Waals surface area contributed by atoms with E-state index in [1.165, 1.54) is 18.2 Å². The summed E-state index contributed by atoms with van der Waals surface area (Å²) < 4.78 is 5.26. The largest absolute Gasteiger partial charge is 0.493 e. The smallest absolute Gasteiger partial charge is 0.339 e. The Bertz CT molecular complexity index is 792. The summed E-state index contributed by atoms with van der Waals surface area (Å²) in [5, 5.41) is 9.30. The maximum absolute atomic E-state index is 12.4. The lowest BCUT2D eigenvalue weighted by atomic mass is 10.1. The number of fused-ring (bicyclic) bond motifs is 1. The first kappa shape index (κ1) is 14.8. The van der Waals surface area contributed by atoms with E-state index >= 15 is 0 Å². The van der Waals surface area contributed by atoms with Crippen LogP contribution in [0.15, 0.2) is 42.5 Å². The lowest BCUT2D eigenvalue weighted by Gasteiger charge is -2.16. The van der Waals surface area contributed by atoms with Crippen LogP contribution >= 0.6 is 0 Å². The Labute approximate surface area is 131 Å². The number of ether oxygens (including phenoxy) is 1. The fraction of sp³-hybridized carbons (Fsp3) is 0.118. The Morgan fingerprint density at radius 3 is 2.22 bits per heavy atom. The molecule has 0 aliphatic carbocycles. The number of nitrogens with zero attached hydrogens (tertiary/aromatic N) is 1. The van der Waals surface area contributed by atoms with Gasteiger partial charge in [-0.3, -0.25) is 9.59 Å². The zero-order valence-electron chi connectivity index (χ0n) is 12.3. The molecule has 3 rings (SSSR count). The van der Waals surface area contributed by atoms with Crippen molar-refractivity contribution in [3.63, 3.8) is 0 Å². The van der Waals surface area contributed by atoms with E-state index in [0.717, 1.165) is 4.90 Å². The lowest BCUT2D eigenvalue weighted by molar-refractivity contribution is 0.0691. The van der Waals surface area contributed by atoms with Crippen LogP contribution in [0, 0.1) is 0 Å². The van der Waals surface area contributed by atoms with Gasteiger partial charge in [0.2, 0.25) is 0 Å². The average molecular weight is 311 g/mol. The molecule has 0 bridgehead atoms. The van der Waals surface area contributed by atoms with Crippen molar-refractivity contribution in [3.05, 3.63) is 59.2 Å². The van der Waals surface area contributed by atoms with Gasteiger partial charge in [0, 0.05) is 0 Å². The second kappa shape index (κ2) is 5.57. The van der Waals surface area contributed by atoms with Gasteiger partial charge in [-0.05, 0) is 37.3 Å². The van der Waals surface area contributed by atoms with Gasteiger partial charge in [-0.1, -0.05) is 12.1 Å². The van der Waals surface area contributed by atoms with E-state index in [9.17, 15) is 19.5 Å². The van der Waals surface area contributed by atoms with E-state index in [-0.39, 0.29) is 17.0 Å². The maximum Gasteiger partial charge on any atom is 0.339 e. The molecule has 1 aliphatic heterocycles. The molecule has 116 valence electrons. The van der Waals surface area contributed by atoms with Gasteiger partial charge in [0.1, 0.15) is 11.3 Å². The zero-order chi connectivity index (χ0) is 16.6. The molecule has 2 aromatic rings. The molecule has 0 saturated heterocycles. The number of hydrogen-bond acceptors (Lipinski definition) is 4. The van der Waals surface area contributed by atoms with Crippen LogP contribution in [0.4, 0.5) is 5.69 Å². The number of benzene rings is 2. The van der Waals surface area contributed by atoms with Gasteiger partial charge in [0.05, 0.1) is 23.4 Å². The van der Waals surface area contributed by atoms with E-state index in [1.54, 1.807) is 31.2 Å². The van der Waals surface area contributed by atoms with E-state index < -0.39 is 17.8 Å². The first-order chi connectivity index (χ1) is 11.0. The molecular formula is C17H13NO5. The molecule has 0 unspecified atom stereocenters. The highest BCUT2D eigenvalue weighted by molar-refractivity contribution is 6.34. The van der Waals surface area contributed by atoms with Crippen LogP contribution in [0.1, 0.15) is 38.0 Å². The highest BCUT2D eigenvalue weighted by Crippen LogP contribution is 2.31. The van der Waals surface area contributed by atoms with Crippen LogP contribution in [0.25, 0.3) is 0 Å². The summed E-state index contributed by atoms with van der Waals surface area (Å²) in [5.74, 6) is -1.93. The number of anilines is 1. The van der Waals surface area contributed by atoms with Crippen molar-refractivity contribution < 1.29 is 24.2 Å². The van der Waals surface area contributed by atoms with Crippen molar-refractivity contribution in [1.29, 1.82) is 0 Å². The predicted octanol–water partition coefficient (Wildman–Crippen LogP) is 2.58. The van der Waals surface area contributed by atoms with Crippen molar-refractivity contribution >= 4 is 23.5 Å². The minimum atomic E-state index is -1.19. The molecule has 0 atom stereocenters. The Hall–Kier alpha value is -3.15. The standard InChI is InChI=1S/C17H13NO5/c1-2-23-14-8-7-10(9-13(14)17(21)22)18-15(19)11-5-3-4-6-12(11)16(18)20/h3-9H,2H2,1H3,(H,21,22). The Morgan fingerprint density at radius 1 is 1.09 bits per heavy atom. The van der Waals surface area contributed by atoms with Gasteiger partial charge in [0.25, 0.3) is 11.8 Å². The van der Waals surface area contributed by atoms with Gasteiger partial charge < -0.3 is 9.84 Å². The molecule has 6 heteroatoms. The number of aromatic carboxylic acids is 1. The van der Waals surface area contributed by atoms with Crippen molar-refractivity contribution in [1.82, 2.24) is 0 Å². The molecule has 0 fully saturated rings. The third-order valence-electron chi connectivity index (χ3n) is 3.55. The number of carbonyl (C=O) groups is 3. The van der Waals surface area contributed by atoms with E-state index in [0.29, 0.717) is 17.7 Å². The number of amides is 2. The molecule has 0 saturated carbocycles. The highest BCUT2D eigenvalue weighted by Gasteiger charge is 2.36. The molecule has 0 spiro atoms. The SMILES string of the molecule is CCOc1ccc(N2C(=O)c3ccccc3C2=O)cc1C(=O)O. The van der Waals surface area contributed by atoms with Crippen LogP contribution < -0.4 is 9.64 Å². The molecule has 1 aliphatic rings. The molecule has 1 N–H and O–H groups in total. The van der Waals surface area contributed by atoms with Gasteiger partial charge in [0.15, 0.2) is 0 Å². The third kappa shape index (κ3) is 2.34. The van der Waals surface area contributed by atoms with Gasteiger partial charge in [-0.25, -0.2) is 9.69 Å². The second-order valence-electron chi connectivity index (χ2n) is 4.91. The van der Waals surface area contributed by atoms with Gasteiger partial charge >= 0.3 is 5.97 Å². The van der Waals surface area contributed by atoms with Crippen LogP contribution in [0.2, 0.25) is 0 Å². The van der Waals surface area contributed by atoms with Crippen LogP contribution in [-0.4, -0.2) is 29.5 Å². The first-order valence-corrected chi connectivity index (χ1v) is 7.02. The molecule has 0 aromatic heterocycles. The molecule has 23 heavy (non-hydrogen) atoms. The first-order valence-electron chi connectivity index (χ1n) is 7.02. The van der Waals surface area contributed by atoms with E-state index in [1.807, 2.05) is 0 Å². The van der Waals surface area contributed by atoms with Gasteiger partial charge in [-0.2, -0.15) is 0 Å². The summed E-state index contributed by atoms with van der Waals surface area (Å²) in [5.41, 5.74) is 0.726. The molecule has 0 radical (unpaired) electrons. The monoisotopic (exact) mass is 311 g/mol. The number of rotatable bonds is 4. The molecule has 6 nitrogen and oxygen atoms in total. The normalized spacial score (nSPS) is 13.2. The summed E-state index contributed by atoms with van der Waals surface area (Å²) in [6.45, 7) is 2.05. The number of carboxylic acids is 1. The zero-order valence-corrected chi connectivity index (χ0v) is 12.3. The summed E-state index contributed by atoms with van der Waals surface area (Å²) in [4.78, 5) is 37.2. The van der Waals surface area contributed by atoms with Crippen LogP contribution in [0.5, 0.6) is 5.75 Å². The van der Waals surface area contributed by atoms with E-state index in [2.05, 4.69) is 0 Å². The molecule has 2 aromatic carbocycles. The topological polar surface area (TPSA) is 83.9 Å². The number of carboxylic acid groups (broad SMARTS) is 1. The lowest BCUT2D eigenvalue weighted by Crippen LogP contribution is -2.29. The van der Waals surface area contributed by atoms with Crippen LogP contribution in [-0.2, 0) is 0 Å². The summed E-state index contributed by atoms with van der Waals surface area (Å²) in [7, 11) is 0. The second-order valence-corrected chi connectivity index (χ2v) is 4.91. The molecule has 2 amide bonds. The Morgan fingerprint density at radius 2 is 1.70 bits per heavy atom. The molecule has 1 heterocycles. The number of imide groups is 1. The minimum absolute atomic E-state index is 0.0964. The summed E-state index contributed by atoms with van der Waals surface area (Å²) >= 11 is 0. The maximum atomic E-state index is 12.4. The minimum Gasteiger partial charge on any atom is -0.493 e. The molecular weight excluding hydrogens is 298 g/mol. The third-order valence-corrected chi connectivity index (χ3v) is 3.55. The Balaban J connectivity index is 2.07. The highest BCUT2D eigenvalue weighted by atomic mass is 16.5. The van der Waals surface area contributed by atoms with Crippen molar-refractivity contribution in [2.45, 2.75) is 6.92 Å². The fourth-order valence-corrected chi connectivity index (χ4v) is 2.53. The van der Waals surface area contributed by atoms with Crippen molar-refractivity contribution in [2.24, 2.45) is 0 Å².